The summed E-state index contributed by atoms with van der Waals surface area (Å²) in [7, 11) is 0.874. The summed E-state index contributed by atoms with van der Waals surface area (Å²) in [4.78, 5) is 7.01. The summed E-state index contributed by atoms with van der Waals surface area (Å²) in [6, 6.07) is 1.77. The highest BCUT2D eigenvalue weighted by Crippen LogP contribution is 2.46. The van der Waals surface area contributed by atoms with E-state index >= 15 is 0 Å². The monoisotopic (exact) mass is 377 g/mol. The summed E-state index contributed by atoms with van der Waals surface area (Å²) in [5.74, 6) is -1.89. The van der Waals surface area contributed by atoms with Crippen LogP contribution in [-0.4, -0.2) is 17.1 Å². The predicted octanol–water partition coefficient (Wildman–Crippen LogP) is 3.23. The number of halogens is 6. The molecule has 2 aromatic rings. The molecule has 0 aliphatic rings. The lowest BCUT2D eigenvalue weighted by atomic mass is 9.96. The summed E-state index contributed by atoms with van der Waals surface area (Å²) >= 11 is 0. The average Bonchev–Trinajstić information content (AvgIpc) is 2.51. The third kappa shape index (κ3) is 3.41. The molecular formula is C14H9F6N5O. The van der Waals surface area contributed by atoms with Gasteiger partial charge >= 0.3 is 12.4 Å². The van der Waals surface area contributed by atoms with Crippen molar-refractivity contribution in [2.24, 2.45) is 0 Å². The Labute approximate surface area is 142 Å². The first-order chi connectivity index (χ1) is 11.9. The molecule has 0 amide bonds. The molecule has 1 aromatic carbocycles. The van der Waals surface area contributed by atoms with Crippen molar-refractivity contribution in [2.45, 2.75) is 12.4 Å². The van der Waals surface area contributed by atoms with Gasteiger partial charge in [-0.1, -0.05) is 0 Å². The number of aromatic nitrogens is 2. The van der Waals surface area contributed by atoms with E-state index in [0.29, 0.717) is 6.07 Å². The van der Waals surface area contributed by atoms with Crippen LogP contribution in [0.2, 0.25) is 0 Å². The number of nitrogens with zero attached hydrogens (tertiary/aromatic N) is 3. The number of hydrogen-bond acceptors (Lipinski definition) is 6. The summed E-state index contributed by atoms with van der Waals surface area (Å²) in [5.41, 5.74) is 5.36. The SMILES string of the molecule is COc1cc(C(F)(F)F)cc(C(F)(F)F)c1-c1nc(N)nc(N)c1C#N. The number of anilines is 2. The molecule has 0 spiro atoms. The van der Waals surface area contributed by atoms with Crippen molar-refractivity contribution < 1.29 is 31.1 Å². The smallest absolute Gasteiger partial charge is 0.417 e. The predicted molar refractivity (Wildman–Crippen MR) is 77.6 cm³/mol. The number of rotatable bonds is 2. The normalized spacial score (nSPS) is 11.9. The zero-order valence-electron chi connectivity index (χ0n) is 12.8. The van der Waals surface area contributed by atoms with E-state index in [4.69, 9.17) is 21.5 Å². The Morgan fingerprint density at radius 1 is 1.04 bits per heavy atom. The molecule has 0 bridgehead atoms. The van der Waals surface area contributed by atoms with Gasteiger partial charge in [0.1, 0.15) is 28.9 Å². The molecule has 0 atom stereocenters. The van der Waals surface area contributed by atoms with Crippen molar-refractivity contribution in [1.82, 2.24) is 9.97 Å². The van der Waals surface area contributed by atoms with Gasteiger partial charge in [0.2, 0.25) is 5.95 Å². The Morgan fingerprint density at radius 2 is 1.65 bits per heavy atom. The Bertz CT molecular complexity index is 901. The van der Waals surface area contributed by atoms with Crippen LogP contribution in [0, 0.1) is 11.3 Å². The van der Waals surface area contributed by atoms with Gasteiger partial charge < -0.3 is 16.2 Å². The second-order valence-electron chi connectivity index (χ2n) is 4.90. The van der Waals surface area contributed by atoms with Crippen LogP contribution in [0.1, 0.15) is 16.7 Å². The first kappa shape index (κ1) is 19.1. The molecule has 0 aliphatic carbocycles. The fourth-order valence-corrected chi connectivity index (χ4v) is 2.20. The van der Waals surface area contributed by atoms with Gasteiger partial charge in [0.05, 0.1) is 23.8 Å². The molecule has 12 heteroatoms. The maximum atomic E-state index is 13.4. The summed E-state index contributed by atoms with van der Waals surface area (Å²) < 4.78 is 83.8. The quantitative estimate of drug-likeness (QED) is 0.778. The lowest BCUT2D eigenvalue weighted by Gasteiger charge is -2.19. The van der Waals surface area contributed by atoms with Gasteiger partial charge in [0.25, 0.3) is 0 Å². The molecule has 0 radical (unpaired) electrons. The number of nitriles is 1. The first-order valence-electron chi connectivity index (χ1n) is 6.60. The van der Waals surface area contributed by atoms with Crippen molar-refractivity contribution >= 4 is 11.8 Å². The summed E-state index contributed by atoms with van der Waals surface area (Å²) in [5, 5.41) is 9.14. The summed E-state index contributed by atoms with van der Waals surface area (Å²) in [6.45, 7) is 0. The van der Waals surface area contributed by atoms with Crippen LogP contribution in [-0.2, 0) is 12.4 Å². The minimum atomic E-state index is -5.22. The van der Waals surface area contributed by atoms with Crippen molar-refractivity contribution in [3.05, 3.63) is 28.8 Å². The van der Waals surface area contributed by atoms with Crippen molar-refractivity contribution in [3.8, 4) is 23.1 Å². The molecule has 0 fully saturated rings. The van der Waals surface area contributed by atoms with Gasteiger partial charge in [-0.2, -0.15) is 36.6 Å². The minimum absolute atomic E-state index is 0.104. The van der Waals surface area contributed by atoms with E-state index in [2.05, 4.69) is 9.97 Å². The van der Waals surface area contributed by atoms with Crippen molar-refractivity contribution in [1.29, 1.82) is 5.26 Å². The molecule has 6 nitrogen and oxygen atoms in total. The van der Waals surface area contributed by atoms with Crippen LogP contribution in [0.3, 0.4) is 0 Å². The Hall–Kier alpha value is -3.23. The standard InChI is InChI=1S/C14H9F6N5O/c1-26-8-3-5(13(15,16)17)2-7(14(18,19)20)9(8)10-6(4-21)11(22)25-12(23)24-10/h2-3H,1H3,(H4,22,23,24,25). The number of methoxy groups -OCH3 is 1. The number of ether oxygens (including phenoxy) is 1. The fourth-order valence-electron chi connectivity index (χ4n) is 2.20. The largest absolute Gasteiger partial charge is 0.496 e. The van der Waals surface area contributed by atoms with Crippen LogP contribution in [0.25, 0.3) is 11.3 Å². The molecule has 0 saturated heterocycles. The van der Waals surface area contributed by atoms with Gasteiger partial charge in [-0.3, -0.25) is 0 Å². The molecule has 0 aliphatic heterocycles. The third-order valence-electron chi connectivity index (χ3n) is 3.26. The lowest BCUT2D eigenvalue weighted by molar-refractivity contribution is -0.142. The van der Waals surface area contributed by atoms with Gasteiger partial charge in [-0.15, -0.1) is 0 Å². The van der Waals surface area contributed by atoms with Crippen molar-refractivity contribution in [2.75, 3.05) is 18.6 Å². The number of hydrogen-bond donors (Lipinski definition) is 2. The highest BCUT2D eigenvalue weighted by molar-refractivity contribution is 5.80. The molecule has 138 valence electrons. The van der Waals surface area contributed by atoms with Crippen LogP contribution >= 0.6 is 0 Å². The van der Waals surface area contributed by atoms with Crippen molar-refractivity contribution in [3.63, 3.8) is 0 Å². The molecule has 1 heterocycles. The van der Waals surface area contributed by atoms with Crippen LogP contribution in [0.15, 0.2) is 12.1 Å². The van der Waals surface area contributed by atoms with Gasteiger partial charge in [-0.25, -0.2) is 4.98 Å². The van der Waals surface area contributed by atoms with E-state index in [1.54, 1.807) is 0 Å². The highest BCUT2D eigenvalue weighted by Gasteiger charge is 2.41. The number of benzene rings is 1. The molecule has 4 N–H and O–H groups in total. The molecular weight excluding hydrogens is 368 g/mol. The maximum Gasteiger partial charge on any atom is 0.417 e. The molecule has 1 aromatic heterocycles. The van der Waals surface area contributed by atoms with E-state index < -0.39 is 57.8 Å². The van der Waals surface area contributed by atoms with E-state index in [-0.39, 0.29) is 6.07 Å². The zero-order chi connectivity index (χ0) is 19.9. The van der Waals surface area contributed by atoms with Gasteiger partial charge in [-0.05, 0) is 12.1 Å². The topological polar surface area (TPSA) is 111 Å². The Balaban J connectivity index is 3.01. The van der Waals surface area contributed by atoms with E-state index in [1.165, 1.54) is 6.07 Å². The first-order valence-corrected chi connectivity index (χ1v) is 6.60. The number of nitrogen functional groups attached to an aromatic ring is 2. The average molecular weight is 377 g/mol. The van der Waals surface area contributed by atoms with E-state index in [9.17, 15) is 26.3 Å². The molecule has 0 unspecified atom stereocenters. The van der Waals surface area contributed by atoms with E-state index in [0.717, 1.165) is 7.11 Å². The van der Waals surface area contributed by atoms with Crippen LogP contribution in [0.4, 0.5) is 38.1 Å². The lowest BCUT2D eigenvalue weighted by Crippen LogP contribution is -2.15. The fraction of sp³-hybridized carbons (Fsp3) is 0.214. The molecule has 0 saturated carbocycles. The molecule has 2 rings (SSSR count). The number of nitrogens with two attached hydrogens (primary N) is 2. The summed E-state index contributed by atoms with van der Waals surface area (Å²) in [6.07, 6.45) is -10.3. The Kier molecular flexibility index (Phi) is 4.59. The zero-order valence-corrected chi connectivity index (χ0v) is 12.8. The Morgan fingerprint density at radius 3 is 2.12 bits per heavy atom. The number of alkyl halides is 6. The maximum absolute atomic E-state index is 13.4. The molecule has 26 heavy (non-hydrogen) atoms. The second-order valence-corrected chi connectivity index (χ2v) is 4.90. The second kappa shape index (κ2) is 6.25. The van der Waals surface area contributed by atoms with Crippen LogP contribution in [0.5, 0.6) is 5.75 Å². The van der Waals surface area contributed by atoms with Crippen LogP contribution < -0.4 is 16.2 Å². The minimum Gasteiger partial charge on any atom is -0.496 e. The van der Waals surface area contributed by atoms with Gasteiger partial charge in [0.15, 0.2) is 0 Å². The van der Waals surface area contributed by atoms with Gasteiger partial charge in [0, 0.05) is 0 Å². The highest BCUT2D eigenvalue weighted by atomic mass is 19.4. The van der Waals surface area contributed by atoms with E-state index in [1.807, 2.05) is 0 Å². The third-order valence-corrected chi connectivity index (χ3v) is 3.26.